The van der Waals surface area contributed by atoms with Crippen molar-refractivity contribution >= 4 is 32.1 Å². The first-order chi connectivity index (χ1) is 17.5. The number of rotatable bonds is 13. The van der Waals surface area contributed by atoms with E-state index in [0.29, 0.717) is 38.1 Å². The summed E-state index contributed by atoms with van der Waals surface area (Å²) in [4.78, 5) is 36.9. The van der Waals surface area contributed by atoms with Crippen LogP contribution in [-0.4, -0.2) is 51.2 Å². The molecule has 1 atom stereocenters. The van der Waals surface area contributed by atoms with E-state index >= 15 is 0 Å². The lowest BCUT2D eigenvalue weighted by Crippen LogP contribution is -2.44. The second-order valence-corrected chi connectivity index (χ2v) is 16.6. The number of benzene rings is 1. The standard InChI is InChI=1S/C28H47N3O6Si/c1-10-19-35-26(34)31-23(13-11-12-18-29-25(33)37-27(2,3)4)24(32)30-22-16-14-21(15-17-22)20-36-38(8,9)28(5,6)7/h10,14-17,23H,1,11-13,18-20H2,2-9H3,(H,29,33)(H,30,32)(H,31,34)/t23-/m0/s1. The summed E-state index contributed by atoms with van der Waals surface area (Å²) in [5, 5.41) is 8.30. The lowest BCUT2D eigenvalue weighted by atomic mass is 10.1. The van der Waals surface area contributed by atoms with Gasteiger partial charge in [0.05, 0.1) is 6.61 Å². The Labute approximate surface area is 229 Å². The highest BCUT2D eigenvalue weighted by Crippen LogP contribution is 2.37. The lowest BCUT2D eigenvalue weighted by Gasteiger charge is -2.36. The molecule has 0 heterocycles. The fourth-order valence-electron chi connectivity index (χ4n) is 2.96. The number of unbranched alkanes of at least 4 members (excludes halogenated alkanes) is 1. The number of anilines is 1. The molecule has 10 heteroatoms. The molecule has 1 rings (SSSR count). The van der Waals surface area contributed by atoms with Crippen molar-refractivity contribution in [2.75, 3.05) is 18.5 Å². The molecule has 0 unspecified atom stereocenters. The number of amides is 3. The Morgan fingerprint density at radius 1 is 1.00 bits per heavy atom. The molecule has 3 N–H and O–H groups in total. The molecule has 9 nitrogen and oxygen atoms in total. The van der Waals surface area contributed by atoms with Crippen molar-refractivity contribution in [3.05, 3.63) is 42.5 Å². The topological polar surface area (TPSA) is 115 Å². The van der Waals surface area contributed by atoms with Crippen molar-refractivity contribution in [1.82, 2.24) is 10.6 Å². The predicted octanol–water partition coefficient (Wildman–Crippen LogP) is 6.12. The average Bonchev–Trinajstić information content (AvgIpc) is 2.79. The van der Waals surface area contributed by atoms with Crippen molar-refractivity contribution < 1.29 is 28.3 Å². The first-order valence-corrected chi connectivity index (χ1v) is 16.0. The van der Waals surface area contributed by atoms with Crippen LogP contribution in [0.25, 0.3) is 0 Å². The number of nitrogens with one attached hydrogen (secondary N) is 3. The van der Waals surface area contributed by atoms with E-state index in [9.17, 15) is 14.4 Å². The van der Waals surface area contributed by atoms with Crippen LogP contribution in [0.2, 0.25) is 18.1 Å². The third kappa shape index (κ3) is 13.1. The van der Waals surface area contributed by atoms with E-state index in [2.05, 4.69) is 56.4 Å². The summed E-state index contributed by atoms with van der Waals surface area (Å²) >= 11 is 0. The van der Waals surface area contributed by atoms with E-state index in [4.69, 9.17) is 13.9 Å². The Morgan fingerprint density at radius 2 is 1.63 bits per heavy atom. The maximum Gasteiger partial charge on any atom is 0.408 e. The van der Waals surface area contributed by atoms with Crippen LogP contribution in [0.5, 0.6) is 0 Å². The zero-order valence-electron chi connectivity index (χ0n) is 24.4. The number of ether oxygens (including phenoxy) is 2. The number of carbonyl (C=O) groups is 3. The molecule has 1 aromatic rings. The molecule has 214 valence electrons. The lowest BCUT2D eigenvalue weighted by molar-refractivity contribution is -0.118. The van der Waals surface area contributed by atoms with E-state index in [1.807, 2.05) is 24.3 Å². The van der Waals surface area contributed by atoms with Crippen molar-refractivity contribution in [3.63, 3.8) is 0 Å². The minimum Gasteiger partial charge on any atom is -0.445 e. The molecule has 0 saturated heterocycles. The van der Waals surface area contributed by atoms with Crippen LogP contribution in [0.4, 0.5) is 15.3 Å². The largest absolute Gasteiger partial charge is 0.445 e. The molecule has 0 aliphatic carbocycles. The summed E-state index contributed by atoms with van der Waals surface area (Å²) < 4.78 is 16.5. The van der Waals surface area contributed by atoms with Gasteiger partial charge < -0.3 is 29.9 Å². The minimum atomic E-state index is -1.86. The number of hydrogen-bond acceptors (Lipinski definition) is 6. The van der Waals surface area contributed by atoms with Crippen LogP contribution in [0.1, 0.15) is 66.4 Å². The van der Waals surface area contributed by atoms with Gasteiger partial charge >= 0.3 is 12.2 Å². The van der Waals surface area contributed by atoms with Gasteiger partial charge in [0.2, 0.25) is 5.91 Å². The molecular weight excluding hydrogens is 502 g/mol. The Kier molecular flexibility index (Phi) is 13.0. The Hall–Kier alpha value is -2.85. The molecule has 38 heavy (non-hydrogen) atoms. The number of alkyl carbamates (subject to hydrolysis) is 2. The van der Waals surface area contributed by atoms with E-state index < -0.39 is 32.1 Å². The van der Waals surface area contributed by atoms with E-state index in [0.717, 1.165) is 5.56 Å². The molecule has 1 aromatic carbocycles. The van der Waals surface area contributed by atoms with Crippen LogP contribution < -0.4 is 16.0 Å². The SMILES string of the molecule is C=CCOC(=O)N[C@@H](CCCCNC(=O)OC(C)(C)C)C(=O)Nc1ccc(CO[Si](C)(C)C(C)(C)C)cc1. The molecule has 0 aliphatic heterocycles. The molecule has 0 aliphatic rings. The van der Waals surface area contributed by atoms with E-state index in [1.165, 1.54) is 6.08 Å². The van der Waals surface area contributed by atoms with Gasteiger partial charge in [-0.1, -0.05) is 45.6 Å². The monoisotopic (exact) mass is 549 g/mol. The van der Waals surface area contributed by atoms with Gasteiger partial charge in [0.15, 0.2) is 8.32 Å². The summed E-state index contributed by atoms with van der Waals surface area (Å²) in [6.07, 6.45) is 1.82. The number of carbonyl (C=O) groups excluding carboxylic acids is 3. The third-order valence-electron chi connectivity index (χ3n) is 6.16. The van der Waals surface area contributed by atoms with Gasteiger partial charge in [0.25, 0.3) is 0 Å². The molecule has 0 spiro atoms. The van der Waals surface area contributed by atoms with Gasteiger partial charge in [-0.15, -0.1) is 0 Å². The fraction of sp³-hybridized carbons (Fsp3) is 0.607. The second kappa shape index (κ2) is 14.9. The summed E-state index contributed by atoms with van der Waals surface area (Å²) in [5.41, 5.74) is 1.07. The van der Waals surface area contributed by atoms with Crippen LogP contribution in [-0.2, 0) is 25.3 Å². The first kappa shape index (κ1) is 33.2. The molecule has 0 saturated carbocycles. The van der Waals surface area contributed by atoms with Gasteiger partial charge in [-0.25, -0.2) is 9.59 Å². The zero-order chi connectivity index (χ0) is 29.0. The molecule has 0 bridgehead atoms. The van der Waals surface area contributed by atoms with Crippen molar-refractivity contribution in [2.24, 2.45) is 0 Å². The highest BCUT2D eigenvalue weighted by atomic mass is 28.4. The average molecular weight is 550 g/mol. The maximum absolute atomic E-state index is 13.0. The van der Waals surface area contributed by atoms with Crippen LogP contribution in [0.15, 0.2) is 36.9 Å². The Bertz CT molecular complexity index is 920. The summed E-state index contributed by atoms with van der Waals surface area (Å²) in [6, 6.07) is 6.67. The van der Waals surface area contributed by atoms with Gasteiger partial charge in [0, 0.05) is 12.2 Å². The van der Waals surface area contributed by atoms with Crippen LogP contribution >= 0.6 is 0 Å². The van der Waals surface area contributed by atoms with Crippen molar-refractivity contribution in [1.29, 1.82) is 0 Å². The van der Waals surface area contributed by atoms with Gasteiger partial charge in [0.1, 0.15) is 18.2 Å². The van der Waals surface area contributed by atoms with Crippen molar-refractivity contribution in [3.8, 4) is 0 Å². The highest BCUT2D eigenvalue weighted by Gasteiger charge is 2.37. The normalized spacial score (nSPS) is 12.7. The third-order valence-corrected chi connectivity index (χ3v) is 10.6. The van der Waals surface area contributed by atoms with Crippen molar-refractivity contribution in [2.45, 2.75) is 97.2 Å². The molecule has 3 amide bonds. The molecule has 0 aromatic heterocycles. The number of hydrogen-bond donors (Lipinski definition) is 3. The Morgan fingerprint density at radius 3 is 2.18 bits per heavy atom. The summed E-state index contributed by atoms with van der Waals surface area (Å²) in [5.74, 6) is -0.356. The second-order valence-electron chi connectivity index (χ2n) is 11.7. The van der Waals surface area contributed by atoms with Gasteiger partial charge in [-0.2, -0.15) is 0 Å². The molecule has 0 radical (unpaired) electrons. The maximum atomic E-state index is 13.0. The smallest absolute Gasteiger partial charge is 0.408 e. The van der Waals surface area contributed by atoms with Gasteiger partial charge in [-0.3, -0.25) is 4.79 Å². The van der Waals surface area contributed by atoms with Crippen LogP contribution in [0.3, 0.4) is 0 Å². The predicted molar refractivity (Wildman–Crippen MR) is 154 cm³/mol. The van der Waals surface area contributed by atoms with E-state index in [1.54, 1.807) is 20.8 Å². The first-order valence-electron chi connectivity index (χ1n) is 13.1. The minimum absolute atomic E-state index is 0.0401. The molecule has 0 fully saturated rings. The van der Waals surface area contributed by atoms with Gasteiger partial charge in [-0.05, 0) is 75.9 Å². The highest BCUT2D eigenvalue weighted by molar-refractivity contribution is 6.74. The quantitative estimate of drug-likeness (QED) is 0.155. The molecular formula is C28H47N3O6Si. The zero-order valence-corrected chi connectivity index (χ0v) is 25.4. The summed E-state index contributed by atoms with van der Waals surface area (Å²) in [6.45, 7) is 20.9. The Balaban J connectivity index is 2.68. The van der Waals surface area contributed by atoms with E-state index in [-0.39, 0.29) is 17.6 Å². The summed E-state index contributed by atoms with van der Waals surface area (Å²) in [7, 11) is -1.86. The fourth-order valence-corrected chi connectivity index (χ4v) is 3.92. The van der Waals surface area contributed by atoms with Crippen LogP contribution in [0, 0.1) is 0 Å².